The summed E-state index contributed by atoms with van der Waals surface area (Å²) in [5, 5.41) is 28.9. The first kappa shape index (κ1) is 40.6. The summed E-state index contributed by atoms with van der Waals surface area (Å²) in [5.41, 5.74) is 0. The van der Waals surface area contributed by atoms with Crippen LogP contribution in [0.5, 0.6) is 0 Å². The van der Waals surface area contributed by atoms with E-state index in [4.69, 9.17) is 25.5 Å². The maximum atomic E-state index is 13.7. The van der Waals surface area contributed by atoms with Gasteiger partial charge in [0.15, 0.2) is 0 Å². The Labute approximate surface area is 240 Å². The highest BCUT2D eigenvalue weighted by Gasteiger charge is 2.52. The fourth-order valence-electron chi connectivity index (χ4n) is 2.68. The molecule has 0 aliphatic heterocycles. The molecule has 0 radical (unpaired) electrons. The number of nitrogens with zero attached hydrogens (tertiary/aromatic N) is 1. The standard InChI is InChI=1S/C24H41F6NO11/c1-3-4-7-35-12-20(33)14-39-15-21(34)16-40-18-23(27,28)42-24(29,30)41-22(25,26)17-38-10-9-37-13-19(32)11-36-8-5-6-31-2/h19-21,32-34H,3-18H2,1H3. The number of hydrogen-bond acceptors (Lipinski definition) is 11. The molecule has 0 amide bonds. The molecule has 0 aromatic rings. The van der Waals surface area contributed by atoms with Crippen molar-refractivity contribution in [2.24, 2.45) is 0 Å². The third-order valence-electron chi connectivity index (χ3n) is 4.51. The molecule has 3 unspecified atom stereocenters. The summed E-state index contributed by atoms with van der Waals surface area (Å²) in [6.45, 7) is 3.24. The lowest BCUT2D eigenvalue weighted by Crippen LogP contribution is -2.44. The SMILES string of the molecule is [C-]#[N+]CCCOCC(O)COCCOCC(F)(F)OC(F)(F)OC(F)(F)COCC(O)COCC(O)COCCCC. The van der Waals surface area contributed by atoms with E-state index >= 15 is 0 Å². The molecule has 0 aliphatic carbocycles. The van der Waals surface area contributed by atoms with Crippen LogP contribution in [0.2, 0.25) is 0 Å². The van der Waals surface area contributed by atoms with Gasteiger partial charge in [-0.3, -0.25) is 0 Å². The van der Waals surface area contributed by atoms with Gasteiger partial charge in [0.1, 0.15) is 31.5 Å². The van der Waals surface area contributed by atoms with E-state index in [2.05, 4.69) is 23.8 Å². The number of alkyl halides is 6. The van der Waals surface area contributed by atoms with Gasteiger partial charge in [-0.15, -0.1) is 8.78 Å². The maximum absolute atomic E-state index is 13.7. The molecule has 3 atom stereocenters. The number of aliphatic hydroxyl groups is 3. The van der Waals surface area contributed by atoms with Gasteiger partial charge in [0.2, 0.25) is 6.54 Å². The van der Waals surface area contributed by atoms with Crippen LogP contribution < -0.4 is 0 Å². The zero-order valence-electron chi connectivity index (χ0n) is 23.4. The van der Waals surface area contributed by atoms with Crippen LogP contribution in [-0.4, -0.2) is 138 Å². The molecule has 12 nitrogen and oxygen atoms in total. The molecule has 0 aromatic carbocycles. The van der Waals surface area contributed by atoms with Crippen molar-refractivity contribution in [2.45, 2.75) is 63.0 Å². The van der Waals surface area contributed by atoms with Crippen LogP contribution in [0.25, 0.3) is 4.85 Å². The van der Waals surface area contributed by atoms with Crippen molar-refractivity contribution >= 4 is 0 Å². The second kappa shape index (κ2) is 23.1. The summed E-state index contributed by atoms with van der Waals surface area (Å²) in [6, 6.07) is 0. The summed E-state index contributed by atoms with van der Waals surface area (Å²) >= 11 is 0. The molecule has 0 aromatic heterocycles. The minimum Gasteiger partial charge on any atom is -0.388 e. The lowest BCUT2D eigenvalue weighted by molar-refractivity contribution is -0.518. The Morgan fingerprint density at radius 2 is 1.00 bits per heavy atom. The lowest BCUT2D eigenvalue weighted by Gasteiger charge is -2.26. The molecule has 3 N–H and O–H groups in total. The lowest BCUT2D eigenvalue weighted by atomic mass is 10.3. The molecule has 0 heterocycles. The van der Waals surface area contributed by atoms with Crippen molar-refractivity contribution in [2.75, 3.05) is 85.8 Å². The Bertz CT molecular complexity index is 706. The second-order valence-corrected chi connectivity index (χ2v) is 8.82. The topological polar surface area (TPSA) is 139 Å². The largest absolute Gasteiger partial charge is 0.495 e. The highest BCUT2D eigenvalue weighted by molar-refractivity contribution is 4.60. The molecule has 250 valence electrons. The molecule has 0 spiro atoms. The van der Waals surface area contributed by atoms with Crippen LogP contribution in [-0.2, 0) is 37.9 Å². The van der Waals surface area contributed by atoms with Gasteiger partial charge >= 0.3 is 18.5 Å². The third kappa shape index (κ3) is 25.2. The second-order valence-electron chi connectivity index (χ2n) is 8.82. The van der Waals surface area contributed by atoms with E-state index in [9.17, 15) is 41.7 Å². The van der Waals surface area contributed by atoms with Crippen molar-refractivity contribution in [3.05, 3.63) is 11.4 Å². The summed E-state index contributed by atoms with van der Waals surface area (Å²) in [6.07, 6.45) is -16.3. The van der Waals surface area contributed by atoms with Gasteiger partial charge in [-0.1, -0.05) is 13.3 Å². The first-order valence-electron chi connectivity index (χ1n) is 13.1. The number of halogens is 6. The van der Waals surface area contributed by atoms with Crippen LogP contribution in [0.3, 0.4) is 0 Å². The van der Waals surface area contributed by atoms with Crippen molar-refractivity contribution in [1.82, 2.24) is 0 Å². The van der Waals surface area contributed by atoms with Gasteiger partial charge in [0, 0.05) is 13.0 Å². The van der Waals surface area contributed by atoms with Crippen LogP contribution >= 0.6 is 0 Å². The van der Waals surface area contributed by atoms with Crippen LogP contribution in [0.4, 0.5) is 26.3 Å². The van der Waals surface area contributed by atoms with Crippen molar-refractivity contribution in [3.63, 3.8) is 0 Å². The monoisotopic (exact) mass is 633 g/mol. The van der Waals surface area contributed by atoms with E-state index in [1.54, 1.807) is 0 Å². The average Bonchev–Trinajstić information content (AvgIpc) is 2.87. The quantitative estimate of drug-likeness (QED) is 0.0483. The first-order valence-corrected chi connectivity index (χ1v) is 13.1. The molecule has 18 heteroatoms. The fraction of sp³-hybridized carbons (Fsp3) is 0.958. The number of ether oxygens (including phenoxy) is 8. The van der Waals surface area contributed by atoms with Crippen LogP contribution in [0, 0.1) is 6.57 Å². The number of unbranched alkanes of at least 4 members (excludes halogenated alkanes) is 1. The van der Waals surface area contributed by atoms with E-state index in [0.717, 1.165) is 12.8 Å². The average molecular weight is 634 g/mol. The van der Waals surface area contributed by atoms with Crippen LogP contribution in [0.1, 0.15) is 26.2 Å². The molecule has 0 bridgehead atoms. The van der Waals surface area contributed by atoms with E-state index in [1.165, 1.54) is 0 Å². The molecular formula is C24H41F6NO11. The van der Waals surface area contributed by atoms with E-state index in [-0.39, 0.29) is 46.2 Å². The minimum atomic E-state index is -5.45. The van der Waals surface area contributed by atoms with Gasteiger partial charge in [0.25, 0.3) is 0 Å². The first-order chi connectivity index (χ1) is 19.7. The molecule has 0 fully saturated rings. The summed E-state index contributed by atoms with van der Waals surface area (Å²) < 4.78 is 117. The van der Waals surface area contributed by atoms with Gasteiger partial charge in [-0.25, -0.2) is 16.0 Å². The van der Waals surface area contributed by atoms with Gasteiger partial charge in [0.05, 0.1) is 59.5 Å². The molecular weight excluding hydrogens is 592 g/mol. The predicted molar refractivity (Wildman–Crippen MR) is 131 cm³/mol. The molecule has 42 heavy (non-hydrogen) atoms. The van der Waals surface area contributed by atoms with Crippen LogP contribution in [0.15, 0.2) is 0 Å². The van der Waals surface area contributed by atoms with Crippen molar-refractivity contribution in [3.8, 4) is 0 Å². The van der Waals surface area contributed by atoms with Crippen molar-refractivity contribution in [1.29, 1.82) is 0 Å². The molecule has 0 aliphatic rings. The molecule has 0 saturated carbocycles. The fourth-order valence-corrected chi connectivity index (χ4v) is 2.68. The predicted octanol–water partition coefficient (Wildman–Crippen LogP) is 2.05. The normalized spacial score (nSPS) is 15.0. The summed E-state index contributed by atoms with van der Waals surface area (Å²) in [7, 11) is 0. The Kier molecular flexibility index (Phi) is 22.3. The highest BCUT2D eigenvalue weighted by atomic mass is 19.3. The van der Waals surface area contributed by atoms with E-state index < -0.39 is 69.9 Å². The summed E-state index contributed by atoms with van der Waals surface area (Å²) in [5.74, 6) is 0. The number of aliphatic hydroxyl groups excluding tert-OH is 3. The number of rotatable bonds is 29. The highest BCUT2D eigenvalue weighted by Crippen LogP contribution is 2.33. The Morgan fingerprint density at radius 3 is 1.50 bits per heavy atom. The minimum absolute atomic E-state index is 0.0132. The molecule has 0 saturated heterocycles. The Morgan fingerprint density at radius 1 is 0.595 bits per heavy atom. The van der Waals surface area contributed by atoms with E-state index in [1.807, 2.05) is 6.92 Å². The van der Waals surface area contributed by atoms with Crippen molar-refractivity contribution < 1.29 is 79.6 Å². The van der Waals surface area contributed by atoms with Gasteiger partial charge < -0.3 is 48.6 Å². The van der Waals surface area contributed by atoms with Gasteiger partial charge in [-0.05, 0) is 6.42 Å². The Balaban J connectivity index is 4.13. The zero-order chi connectivity index (χ0) is 31.9. The third-order valence-corrected chi connectivity index (χ3v) is 4.51. The molecule has 0 rings (SSSR count). The smallest absolute Gasteiger partial charge is 0.388 e. The summed E-state index contributed by atoms with van der Waals surface area (Å²) in [4.78, 5) is 3.12. The Hall–Kier alpha value is -1.37. The zero-order valence-corrected chi connectivity index (χ0v) is 23.4. The van der Waals surface area contributed by atoms with Gasteiger partial charge in [-0.2, -0.15) is 17.6 Å². The maximum Gasteiger partial charge on any atom is 0.495 e. The van der Waals surface area contributed by atoms with E-state index in [0.29, 0.717) is 13.0 Å². The number of hydrogen-bond donors (Lipinski definition) is 3.